The summed E-state index contributed by atoms with van der Waals surface area (Å²) in [5.74, 6) is 0.755. The third-order valence-electron chi connectivity index (χ3n) is 3.38. The molecule has 1 aliphatic heterocycles. The van der Waals surface area contributed by atoms with Gasteiger partial charge in [-0.15, -0.1) is 0 Å². The van der Waals surface area contributed by atoms with Crippen LogP contribution >= 0.6 is 11.3 Å². The third kappa shape index (κ3) is 2.53. The van der Waals surface area contributed by atoms with Crippen molar-refractivity contribution in [3.05, 3.63) is 46.3 Å². The summed E-state index contributed by atoms with van der Waals surface area (Å²) in [7, 11) is 0. The van der Waals surface area contributed by atoms with Gasteiger partial charge in [0.05, 0.1) is 11.7 Å². The predicted octanol–water partition coefficient (Wildman–Crippen LogP) is 2.98. The van der Waals surface area contributed by atoms with Crippen LogP contribution in [0.1, 0.15) is 24.2 Å². The summed E-state index contributed by atoms with van der Waals surface area (Å²) >= 11 is 1.67. The molecule has 0 aromatic carbocycles. The van der Waals surface area contributed by atoms with Crippen LogP contribution in [0.4, 0.5) is 5.82 Å². The minimum absolute atomic E-state index is 0.0403. The Balaban J connectivity index is 1.88. The Morgan fingerprint density at radius 1 is 1.45 bits per heavy atom. The first-order valence-corrected chi connectivity index (χ1v) is 7.50. The number of ether oxygens (including phenoxy) is 1. The van der Waals surface area contributed by atoms with Gasteiger partial charge in [-0.25, -0.2) is 4.98 Å². The first kappa shape index (κ1) is 13.1. The van der Waals surface area contributed by atoms with Gasteiger partial charge in [0, 0.05) is 19.3 Å². The Morgan fingerprint density at radius 3 is 3.10 bits per heavy atom. The third-order valence-corrected chi connectivity index (χ3v) is 4.08. The van der Waals surface area contributed by atoms with E-state index in [0.29, 0.717) is 5.56 Å². The molecule has 0 N–H and O–H groups in total. The van der Waals surface area contributed by atoms with Crippen LogP contribution in [0.3, 0.4) is 0 Å². The molecule has 4 nitrogen and oxygen atoms in total. The molecule has 1 aliphatic rings. The van der Waals surface area contributed by atoms with Crippen molar-refractivity contribution >= 4 is 17.2 Å². The molecule has 102 valence electrons. The standard InChI is InChI=1S/C15H15N3OS/c1-11-8-18(15-12(7-16)3-2-5-17-15)9-14(19-11)13-4-6-20-10-13/h2-6,10-11,14H,8-9H2,1H3/t11-,14-/m1/s1. The van der Waals surface area contributed by atoms with E-state index in [1.807, 2.05) is 6.07 Å². The molecule has 3 heterocycles. The molecule has 2 aromatic heterocycles. The van der Waals surface area contributed by atoms with E-state index in [2.05, 4.69) is 39.7 Å². The fraction of sp³-hybridized carbons (Fsp3) is 0.333. The number of rotatable bonds is 2. The van der Waals surface area contributed by atoms with E-state index in [4.69, 9.17) is 4.74 Å². The SMILES string of the molecule is C[C@@H]1CN(c2ncccc2C#N)C[C@H](c2ccsc2)O1. The van der Waals surface area contributed by atoms with Crippen LogP contribution in [-0.2, 0) is 4.74 Å². The topological polar surface area (TPSA) is 49.2 Å². The van der Waals surface area contributed by atoms with E-state index in [9.17, 15) is 5.26 Å². The fourth-order valence-corrected chi connectivity index (χ4v) is 3.20. The van der Waals surface area contributed by atoms with Crippen LogP contribution < -0.4 is 4.90 Å². The molecule has 2 atom stereocenters. The van der Waals surface area contributed by atoms with E-state index in [0.717, 1.165) is 18.9 Å². The number of hydrogen-bond donors (Lipinski definition) is 0. The number of pyridine rings is 1. The summed E-state index contributed by atoms with van der Waals surface area (Å²) in [6.07, 6.45) is 1.89. The van der Waals surface area contributed by atoms with Crippen LogP contribution in [0.25, 0.3) is 0 Å². The number of hydrogen-bond acceptors (Lipinski definition) is 5. The molecule has 5 heteroatoms. The molecule has 2 aromatic rings. The van der Waals surface area contributed by atoms with Crippen molar-refractivity contribution in [1.29, 1.82) is 5.26 Å². The van der Waals surface area contributed by atoms with Crippen molar-refractivity contribution in [2.24, 2.45) is 0 Å². The van der Waals surface area contributed by atoms with E-state index >= 15 is 0 Å². The molecule has 20 heavy (non-hydrogen) atoms. The Morgan fingerprint density at radius 2 is 2.35 bits per heavy atom. The van der Waals surface area contributed by atoms with Gasteiger partial charge in [-0.05, 0) is 41.4 Å². The van der Waals surface area contributed by atoms with Gasteiger partial charge in [0.15, 0.2) is 0 Å². The predicted molar refractivity (Wildman–Crippen MR) is 78.8 cm³/mol. The summed E-state index contributed by atoms with van der Waals surface area (Å²) in [5.41, 5.74) is 1.81. The minimum Gasteiger partial charge on any atom is -0.367 e. The lowest BCUT2D eigenvalue weighted by atomic mass is 10.1. The first-order chi connectivity index (χ1) is 9.78. The zero-order chi connectivity index (χ0) is 13.9. The Labute approximate surface area is 122 Å². The van der Waals surface area contributed by atoms with Crippen LogP contribution in [0.5, 0.6) is 0 Å². The summed E-state index contributed by atoms with van der Waals surface area (Å²) in [6.45, 7) is 3.54. The second-order valence-electron chi connectivity index (χ2n) is 4.88. The molecule has 0 radical (unpaired) electrons. The summed E-state index contributed by atoms with van der Waals surface area (Å²) in [5, 5.41) is 13.4. The zero-order valence-corrected chi connectivity index (χ0v) is 12.0. The van der Waals surface area contributed by atoms with Gasteiger partial charge in [-0.1, -0.05) is 0 Å². The molecule has 0 bridgehead atoms. The maximum absolute atomic E-state index is 9.22. The molecule has 0 saturated carbocycles. The quantitative estimate of drug-likeness (QED) is 0.851. The number of anilines is 1. The summed E-state index contributed by atoms with van der Waals surface area (Å²) < 4.78 is 6.01. The van der Waals surface area contributed by atoms with Crippen LogP contribution in [0.15, 0.2) is 35.2 Å². The van der Waals surface area contributed by atoms with Crippen molar-refractivity contribution in [2.45, 2.75) is 19.1 Å². The highest BCUT2D eigenvalue weighted by molar-refractivity contribution is 7.07. The Kier molecular flexibility index (Phi) is 3.68. The van der Waals surface area contributed by atoms with Crippen molar-refractivity contribution in [3.63, 3.8) is 0 Å². The first-order valence-electron chi connectivity index (χ1n) is 6.55. The van der Waals surface area contributed by atoms with E-state index in [1.165, 1.54) is 5.56 Å². The molecule has 0 unspecified atom stereocenters. The Hall–Kier alpha value is -1.90. The summed E-state index contributed by atoms with van der Waals surface area (Å²) in [4.78, 5) is 6.52. The monoisotopic (exact) mass is 285 g/mol. The minimum atomic E-state index is 0.0403. The van der Waals surface area contributed by atoms with E-state index in [-0.39, 0.29) is 12.2 Å². The molecule has 1 fully saturated rings. The average Bonchev–Trinajstić information content (AvgIpc) is 3.01. The van der Waals surface area contributed by atoms with Crippen LogP contribution in [0.2, 0.25) is 0 Å². The van der Waals surface area contributed by atoms with Crippen molar-refractivity contribution in [3.8, 4) is 6.07 Å². The second kappa shape index (κ2) is 5.61. The zero-order valence-electron chi connectivity index (χ0n) is 11.2. The average molecular weight is 285 g/mol. The molecule has 0 aliphatic carbocycles. The molecular weight excluding hydrogens is 270 g/mol. The lowest BCUT2D eigenvalue weighted by Crippen LogP contribution is -2.43. The lowest BCUT2D eigenvalue weighted by molar-refractivity contribution is -0.0174. The van der Waals surface area contributed by atoms with Gasteiger partial charge in [-0.2, -0.15) is 16.6 Å². The maximum atomic E-state index is 9.22. The van der Waals surface area contributed by atoms with Crippen molar-refractivity contribution in [1.82, 2.24) is 4.98 Å². The lowest BCUT2D eigenvalue weighted by Gasteiger charge is -2.37. The summed E-state index contributed by atoms with van der Waals surface area (Å²) in [6, 6.07) is 7.91. The molecule has 0 spiro atoms. The number of nitrogens with zero attached hydrogens (tertiary/aromatic N) is 3. The largest absolute Gasteiger partial charge is 0.367 e. The maximum Gasteiger partial charge on any atom is 0.146 e. The van der Waals surface area contributed by atoms with Gasteiger partial charge in [0.2, 0.25) is 0 Å². The van der Waals surface area contributed by atoms with Gasteiger partial charge < -0.3 is 9.64 Å². The van der Waals surface area contributed by atoms with Gasteiger partial charge in [0.1, 0.15) is 18.0 Å². The molecule has 3 rings (SSSR count). The number of thiophene rings is 1. The van der Waals surface area contributed by atoms with E-state index < -0.39 is 0 Å². The molecule has 0 amide bonds. The molecule has 1 saturated heterocycles. The Bertz CT molecular complexity index is 620. The second-order valence-corrected chi connectivity index (χ2v) is 5.66. The van der Waals surface area contributed by atoms with Gasteiger partial charge in [-0.3, -0.25) is 0 Å². The highest BCUT2D eigenvalue weighted by Crippen LogP contribution is 2.30. The highest BCUT2D eigenvalue weighted by atomic mass is 32.1. The number of nitriles is 1. The van der Waals surface area contributed by atoms with Gasteiger partial charge >= 0.3 is 0 Å². The highest BCUT2D eigenvalue weighted by Gasteiger charge is 2.28. The van der Waals surface area contributed by atoms with Gasteiger partial charge in [0.25, 0.3) is 0 Å². The number of aromatic nitrogens is 1. The fourth-order valence-electron chi connectivity index (χ4n) is 2.50. The smallest absolute Gasteiger partial charge is 0.146 e. The number of morpholine rings is 1. The van der Waals surface area contributed by atoms with E-state index in [1.54, 1.807) is 23.6 Å². The van der Waals surface area contributed by atoms with Crippen LogP contribution in [-0.4, -0.2) is 24.2 Å². The molecular formula is C15H15N3OS. The van der Waals surface area contributed by atoms with Crippen molar-refractivity contribution in [2.75, 3.05) is 18.0 Å². The van der Waals surface area contributed by atoms with Crippen LogP contribution in [0, 0.1) is 11.3 Å². The van der Waals surface area contributed by atoms with Crippen molar-refractivity contribution < 1.29 is 4.74 Å². The normalized spacial score (nSPS) is 22.5.